The molecule has 0 bridgehead atoms. The van der Waals surface area contributed by atoms with E-state index in [-0.39, 0.29) is 18.1 Å². The van der Waals surface area contributed by atoms with E-state index in [9.17, 15) is 4.79 Å². The van der Waals surface area contributed by atoms with E-state index in [0.717, 1.165) is 62.4 Å². The van der Waals surface area contributed by atoms with Crippen molar-refractivity contribution in [2.24, 2.45) is 0 Å². The number of rotatable bonds is 10. The van der Waals surface area contributed by atoms with Crippen molar-refractivity contribution in [2.75, 3.05) is 19.7 Å². The molecule has 3 rings (SSSR count). The van der Waals surface area contributed by atoms with Crippen LogP contribution < -0.4 is 14.8 Å². The van der Waals surface area contributed by atoms with Gasteiger partial charge in [0, 0.05) is 38.1 Å². The third-order valence-electron chi connectivity index (χ3n) is 5.98. The summed E-state index contributed by atoms with van der Waals surface area (Å²) in [5.41, 5.74) is 2.85. The van der Waals surface area contributed by atoms with Crippen LogP contribution in [-0.4, -0.2) is 47.6 Å². The number of pyridine rings is 1. The molecular weight excluding hydrogens is 402 g/mol. The maximum atomic E-state index is 12.5. The fraction of sp³-hybridized carbons (Fsp3) is 0.538. The van der Waals surface area contributed by atoms with Gasteiger partial charge in [-0.05, 0) is 68.9 Å². The van der Waals surface area contributed by atoms with Gasteiger partial charge in [-0.25, -0.2) is 0 Å². The third kappa shape index (κ3) is 6.70. The Morgan fingerprint density at radius 3 is 2.53 bits per heavy atom. The van der Waals surface area contributed by atoms with Crippen LogP contribution in [0, 0.1) is 6.92 Å². The molecule has 1 aromatic heterocycles. The number of amides is 1. The molecule has 6 nitrogen and oxygen atoms in total. The molecule has 0 spiro atoms. The molecule has 1 saturated heterocycles. The fourth-order valence-electron chi connectivity index (χ4n) is 4.09. The second kappa shape index (κ2) is 11.9. The van der Waals surface area contributed by atoms with Gasteiger partial charge in [-0.15, -0.1) is 0 Å². The summed E-state index contributed by atoms with van der Waals surface area (Å²) in [5, 5.41) is 3.17. The summed E-state index contributed by atoms with van der Waals surface area (Å²) in [5.74, 6) is 1.62. The lowest BCUT2D eigenvalue weighted by Gasteiger charge is -2.32. The number of carbonyl (C=O) groups excluding carboxylic acids is 1. The smallest absolute Gasteiger partial charge is 0.253 e. The summed E-state index contributed by atoms with van der Waals surface area (Å²) in [6.45, 7) is 11.6. The molecular formula is C26H37N3O3. The Balaban J connectivity index is 1.54. The summed E-state index contributed by atoms with van der Waals surface area (Å²) in [7, 11) is 0. The number of likely N-dealkylation sites (tertiary alicyclic amines) is 1. The molecule has 1 aromatic carbocycles. The maximum Gasteiger partial charge on any atom is 0.253 e. The lowest BCUT2D eigenvalue weighted by Crippen LogP contribution is -2.44. The van der Waals surface area contributed by atoms with Crippen molar-refractivity contribution < 1.29 is 14.3 Å². The number of ether oxygens (including phenoxy) is 2. The van der Waals surface area contributed by atoms with E-state index in [1.54, 1.807) is 12.4 Å². The Labute approximate surface area is 192 Å². The summed E-state index contributed by atoms with van der Waals surface area (Å²) >= 11 is 0. The quantitative estimate of drug-likeness (QED) is 0.579. The van der Waals surface area contributed by atoms with Gasteiger partial charge >= 0.3 is 0 Å². The summed E-state index contributed by atoms with van der Waals surface area (Å²) in [6, 6.07) is 8.37. The second-order valence-electron chi connectivity index (χ2n) is 8.55. The number of nitrogens with one attached hydrogen (secondary N) is 1. The highest BCUT2D eigenvalue weighted by atomic mass is 16.5. The number of hydrogen-bond acceptors (Lipinski definition) is 5. The molecule has 6 heteroatoms. The van der Waals surface area contributed by atoms with Gasteiger partial charge in [0.15, 0.2) is 11.5 Å². The molecule has 1 amide bonds. The number of nitrogens with zero attached hydrogens (tertiary/aromatic N) is 2. The number of benzene rings is 1. The first-order valence-corrected chi connectivity index (χ1v) is 11.9. The Hall–Kier alpha value is -2.60. The van der Waals surface area contributed by atoms with Crippen LogP contribution in [0.25, 0.3) is 0 Å². The largest absolute Gasteiger partial charge is 0.490 e. The molecule has 1 aliphatic heterocycles. The standard InChI is InChI=1S/C26H37N3O3/c1-5-23(6-2)32-24-9-8-20(15-25(24)31-7-3)18-29-12-10-22(11-13-29)28-26(30)21-14-19(4)16-27-17-21/h8-9,14-17,22-23H,5-7,10-13,18H2,1-4H3,(H,28,30). The van der Waals surface area contributed by atoms with Gasteiger partial charge in [0.2, 0.25) is 0 Å². The van der Waals surface area contributed by atoms with E-state index >= 15 is 0 Å². The summed E-state index contributed by atoms with van der Waals surface area (Å²) in [4.78, 5) is 19.1. The molecule has 1 N–H and O–H groups in total. The molecule has 174 valence electrons. The Bertz CT molecular complexity index is 874. The van der Waals surface area contributed by atoms with Crippen LogP contribution in [0.15, 0.2) is 36.7 Å². The van der Waals surface area contributed by atoms with Crippen molar-refractivity contribution in [3.8, 4) is 11.5 Å². The first kappa shape index (κ1) is 24.1. The highest BCUT2D eigenvalue weighted by Crippen LogP contribution is 2.31. The lowest BCUT2D eigenvalue weighted by atomic mass is 10.0. The van der Waals surface area contributed by atoms with Crippen LogP contribution in [0.3, 0.4) is 0 Å². The van der Waals surface area contributed by atoms with Gasteiger partial charge in [0.25, 0.3) is 5.91 Å². The third-order valence-corrected chi connectivity index (χ3v) is 5.98. The highest BCUT2D eigenvalue weighted by molar-refractivity contribution is 5.94. The first-order chi connectivity index (χ1) is 15.5. The minimum Gasteiger partial charge on any atom is -0.490 e. The molecule has 0 unspecified atom stereocenters. The van der Waals surface area contributed by atoms with Crippen LogP contribution >= 0.6 is 0 Å². The SMILES string of the molecule is CCOc1cc(CN2CCC(NC(=O)c3cncc(C)c3)CC2)ccc1OC(CC)CC. The van der Waals surface area contributed by atoms with Crippen LogP contribution in [0.5, 0.6) is 11.5 Å². The molecule has 0 saturated carbocycles. The van der Waals surface area contributed by atoms with Crippen molar-refractivity contribution in [2.45, 2.75) is 72.1 Å². The van der Waals surface area contributed by atoms with E-state index in [2.05, 4.69) is 41.2 Å². The van der Waals surface area contributed by atoms with Crippen LogP contribution in [0.2, 0.25) is 0 Å². The Kier molecular flexibility index (Phi) is 8.91. The van der Waals surface area contributed by atoms with Crippen molar-refractivity contribution in [3.63, 3.8) is 0 Å². The topological polar surface area (TPSA) is 63.7 Å². The van der Waals surface area contributed by atoms with Crippen LogP contribution in [-0.2, 0) is 6.54 Å². The van der Waals surface area contributed by atoms with Gasteiger partial charge in [-0.2, -0.15) is 0 Å². The van der Waals surface area contributed by atoms with Gasteiger partial charge in [0.1, 0.15) is 0 Å². The molecule has 2 aromatic rings. The molecule has 2 heterocycles. The number of aryl methyl sites for hydroxylation is 1. The summed E-state index contributed by atoms with van der Waals surface area (Å²) < 4.78 is 12.0. The van der Waals surface area contributed by atoms with Gasteiger partial charge in [0.05, 0.1) is 18.3 Å². The predicted octanol–water partition coefficient (Wildman–Crippen LogP) is 4.75. The van der Waals surface area contributed by atoms with Crippen molar-refractivity contribution >= 4 is 5.91 Å². The minimum atomic E-state index is -0.0333. The van der Waals surface area contributed by atoms with E-state index in [0.29, 0.717) is 12.2 Å². The average Bonchev–Trinajstić information content (AvgIpc) is 2.80. The molecule has 1 aliphatic rings. The number of hydrogen-bond donors (Lipinski definition) is 1. The molecule has 32 heavy (non-hydrogen) atoms. The van der Waals surface area contributed by atoms with Gasteiger partial charge in [-0.1, -0.05) is 19.9 Å². The number of piperidine rings is 1. The number of carbonyl (C=O) groups is 1. The monoisotopic (exact) mass is 439 g/mol. The second-order valence-corrected chi connectivity index (χ2v) is 8.55. The van der Waals surface area contributed by atoms with E-state index < -0.39 is 0 Å². The summed E-state index contributed by atoms with van der Waals surface area (Å²) in [6.07, 6.45) is 7.45. The molecule has 1 fully saturated rings. The van der Waals surface area contributed by atoms with E-state index in [4.69, 9.17) is 9.47 Å². The maximum absolute atomic E-state index is 12.5. The van der Waals surface area contributed by atoms with E-state index in [1.807, 2.05) is 26.0 Å². The number of aromatic nitrogens is 1. The normalized spacial score (nSPS) is 15.0. The zero-order chi connectivity index (χ0) is 22.9. The van der Waals surface area contributed by atoms with E-state index in [1.165, 1.54) is 5.56 Å². The molecule has 0 atom stereocenters. The Morgan fingerprint density at radius 2 is 1.88 bits per heavy atom. The van der Waals surface area contributed by atoms with Gasteiger partial charge in [-0.3, -0.25) is 14.7 Å². The zero-order valence-corrected chi connectivity index (χ0v) is 19.9. The highest BCUT2D eigenvalue weighted by Gasteiger charge is 2.22. The minimum absolute atomic E-state index is 0.0333. The van der Waals surface area contributed by atoms with Crippen molar-refractivity contribution in [3.05, 3.63) is 53.3 Å². The molecule has 0 radical (unpaired) electrons. The molecule has 0 aliphatic carbocycles. The predicted molar refractivity (Wildman–Crippen MR) is 127 cm³/mol. The first-order valence-electron chi connectivity index (χ1n) is 11.9. The van der Waals surface area contributed by atoms with Crippen molar-refractivity contribution in [1.82, 2.24) is 15.2 Å². The zero-order valence-electron chi connectivity index (χ0n) is 19.9. The lowest BCUT2D eigenvalue weighted by molar-refractivity contribution is 0.0908. The van der Waals surface area contributed by atoms with Crippen LogP contribution in [0.1, 0.15) is 67.9 Å². The van der Waals surface area contributed by atoms with Crippen molar-refractivity contribution in [1.29, 1.82) is 0 Å². The fourth-order valence-corrected chi connectivity index (χ4v) is 4.09. The average molecular weight is 440 g/mol. The van der Waals surface area contributed by atoms with Crippen LogP contribution in [0.4, 0.5) is 0 Å². The van der Waals surface area contributed by atoms with Gasteiger partial charge < -0.3 is 14.8 Å². The Morgan fingerprint density at radius 1 is 1.12 bits per heavy atom.